The lowest BCUT2D eigenvalue weighted by atomic mass is 10.0. The minimum absolute atomic E-state index is 0.472. The van der Waals surface area contributed by atoms with Crippen LogP contribution in [0.5, 0.6) is 0 Å². The molecule has 0 atom stereocenters. The Morgan fingerprint density at radius 3 is 3.07 bits per heavy atom. The highest BCUT2D eigenvalue weighted by Crippen LogP contribution is 2.32. The van der Waals surface area contributed by atoms with Crippen LogP contribution in [-0.2, 0) is 6.42 Å². The predicted molar refractivity (Wildman–Crippen MR) is 63.6 cm³/mol. The van der Waals surface area contributed by atoms with Gasteiger partial charge in [-0.05, 0) is 40.9 Å². The molecule has 0 aliphatic carbocycles. The van der Waals surface area contributed by atoms with E-state index >= 15 is 0 Å². The van der Waals surface area contributed by atoms with E-state index in [9.17, 15) is 0 Å². The van der Waals surface area contributed by atoms with E-state index in [0.29, 0.717) is 6.42 Å². The topological polar surface area (TPSA) is 23.8 Å². The summed E-state index contributed by atoms with van der Waals surface area (Å²) in [4.78, 5) is 0. The minimum atomic E-state index is 0.472. The molecule has 0 fully saturated rings. The molecular weight excluding hydrogens is 258 g/mol. The van der Waals surface area contributed by atoms with Crippen LogP contribution in [0.1, 0.15) is 11.1 Å². The summed E-state index contributed by atoms with van der Waals surface area (Å²) in [6.45, 7) is 2.08. The molecule has 0 saturated carbocycles. The lowest BCUT2D eigenvalue weighted by Gasteiger charge is -2.05. The Morgan fingerprint density at radius 1 is 1.57 bits per heavy atom. The molecule has 1 aromatic heterocycles. The fourth-order valence-electron chi connectivity index (χ4n) is 1.57. The van der Waals surface area contributed by atoms with E-state index in [2.05, 4.69) is 46.4 Å². The Morgan fingerprint density at radius 2 is 2.36 bits per heavy atom. The second kappa shape index (κ2) is 3.72. The monoisotopic (exact) mass is 265 g/mol. The average Bonchev–Trinajstić information content (AvgIpc) is 2.60. The molecule has 0 saturated heterocycles. The number of hydrogen-bond donors (Lipinski definition) is 0. The molecule has 70 valence electrons. The zero-order valence-electron chi connectivity index (χ0n) is 7.67. The van der Waals surface area contributed by atoms with Crippen LogP contribution in [0.2, 0.25) is 0 Å². The van der Waals surface area contributed by atoms with Gasteiger partial charge in [0, 0.05) is 9.17 Å². The van der Waals surface area contributed by atoms with Crippen LogP contribution in [0, 0.1) is 18.3 Å². The van der Waals surface area contributed by atoms with E-state index in [1.54, 1.807) is 11.3 Å². The molecule has 0 aliphatic rings. The van der Waals surface area contributed by atoms with E-state index in [0.717, 1.165) is 10.0 Å². The van der Waals surface area contributed by atoms with Gasteiger partial charge in [0.2, 0.25) is 0 Å². The van der Waals surface area contributed by atoms with Crippen molar-refractivity contribution in [2.45, 2.75) is 13.3 Å². The van der Waals surface area contributed by atoms with Gasteiger partial charge in [-0.15, -0.1) is 11.3 Å². The number of halogens is 1. The van der Waals surface area contributed by atoms with E-state index < -0.39 is 0 Å². The van der Waals surface area contributed by atoms with Gasteiger partial charge in [-0.25, -0.2) is 0 Å². The fourth-order valence-corrected chi connectivity index (χ4v) is 3.17. The van der Waals surface area contributed by atoms with Crippen LogP contribution in [-0.4, -0.2) is 0 Å². The van der Waals surface area contributed by atoms with Crippen molar-refractivity contribution in [3.05, 3.63) is 33.1 Å². The molecule has 3 heteroatoms. The van der Waals surface area contributed by atoms with Crippen molar-refractivity contribution < 1.29 is 0 Å². The lowest BCUT2D eigenvalue weighted by molar-refractivity contribution is 1.22. The number of rotatable bonds is 1. The van der Waals surface area contributed by atoms with Gasteiger partial charge in [0.05, 0.1) is 12.5 Å². The zero-order chi connectivity index (χ0) is 10.1. The van der Waals surface area contributed by atoms with Crippen LogP contribution in [0.15, 0.2) is 22.0 Å². The molecule has 0 amide bonds. The maximum absolute atomic E-state index is 8.72. The number of hydrogen-bond acceptors (Lipinski definition) is 2. The standard InChI is InChI=1S/C11H8BrNS/c1-7-9(2-4-13)10(12)6-8-3-5-14-11(7)8/h3,5-6H,2H2,1H3. The van der Waals surface area contributed by atoms with E-state index in [-0.39, 0.29) is 0 Å². The SMILES string of the molecule is Cc1c(CC#N)c(Br)cc2ccsc12. The number of nitriles is 1. The molecule has 0 spiro atoms. The van der Waals surface area contributed by atoms with E-state index in [1.165, 1.54) is 15.6 Å². The summed E-state index contributed by atoms with van der Waals surface area (Å²) in [5.41, 5.74) is 2.34. The largest absolute Gasteiger partial charge is 0.198 e. The van der Waals surface area contributed by atoms with Gasteiger partial charge in [0.25, 0.3) is 0 Å². The molecule has 2 aromatic rings. The first-order valence-electron chi connectivity index (χ1n) is 4.26. The highest BCUT2D eigenvalue weighted by atomic mass is 79.9. The molecule has 0 N–H and O–H groups in total. The van der Waals surface area contributed by atoms with Crippen LogP contribution < -0.4 is 0 Å². The average molecular weight is 266 g/mol. The molecular formula is C11H8BrNS. The van der Waals surface area contributed by atoms with Gasteiger partial charge in [-0.1, -0.05) is 15.9 Å². The summed E-state index contributed by atoms with van der Waals surface area (Å²) in [5.74, 6) is 0. The van der Waals surface area contributed by atoms with Gasteiger partial charge in [-0.2, -0.15) is 5.26 Å². The Bertz CT molecular complexity index is 522. The Labute approximate surface area is 95.1 Å². The summed E-state index contributed by atoms with van der Waals surface area (Å²) >= 11 is 5.24. The highest BCUT2D eigenvalue weighted by molar-refractivity contribution is 9.10. The summed E-state index contributed by atoms with van der Waals surface area (Å²) < 4.78 is 2.33. The van der Waals surface area contributed by atoms with Crippen LogP contribution in [0.3, 0.4) is 0 Å². The number of aryl methyl sites for hydroxylation is 1. The molecule has 14 heavy (non-hydrogen) atoms. The van der Waals surface area contributed by atoms with Gasteiger partial charge >= 0.3 is 0 Å². The van der Waals surface area contributed by atoms with Gasteiger partial charge in [0.15, 0.2) is 0 Å². The fraction of sp³-hybridized carbons (Fsp3) is 0.182. The second-order valence-electron chi connectivity index (χ2n) is 3.14. The van der Waals surface area contributed by atoms with Crippen molar-refractivity contribution in [1.29, 1.82) is 5.26 Å². The Hall–Kier alpha value is -0.850. The molecule has 0 radical (unpaired) electrons. The zero-order valence-corrected chi connectivity index (χ0v) is 10.1. The number of benzene rings is 1. The maximum Gasteiger partial charge on any atom is 0.0670 e. The molecule has 0 unspecified atom stereocenters. The van der Waals surface area contributed by atoms with Crippen molar-refractivity contribution in [3.63, 3.8) is 0 Å². The smallest absolute Gasteiger partial charge is 0.0670 e. The first-order valence-corrected chi connectivity index (χ1v) is 5.93. The van der Waals surface area contributed by atoms with Gasteiger partial charge in [0.1, 0.15) is 0 Å². The van der Waals surface area contributed by atoms with Gasteiger partial charge < -0.3 is 0 Å². The Kier molecular flexibility index (Phi) is 2.58. The van der Waals surface area contributed by atoms with Crippen molar-refractivity contribution >= 4 is 37.4 Å². The summed E-state index contributed by atoms with van der Waals surface area (Å²) in [5, 5.41) is 12.1. The molecule has 0 bridgehead atoms. The number of thiophene rings is 1. The van der Waals surface area contributed by atoms with E-state index in [1.807, 2.05) is 0 Å². The normalized spacial score (nSPS) is 10.4. The molecule has 1 heterocycles. The molecule has 1 aromatic carbocycles. The summed E-state index contributed by atoms with van der Waals surface area (Å²) in [7, 11) is 0. The first-order chi connectivity index (χ1) is 6.74. The summed E-state index contributed by atoms with van der Waals surface area (Å²) in [6.07, 6.45) is 0.472. The molecule has 2 rings (SSSR count). The van der Waals surface area contributed by atoms with Crippen molar-refractivity contribution in [1.82, 2.24) is 0 Å². The molecule has 0 aliphatic heterocycles. The van der Waals surface area contributed by atoms with Crippen molar-refractivity contribution in [2.24, 2.45) is 0 Å². The third-order valence-electron chi connectivity index (χ3n) is 2.32. The van der Waals surface area contributed by atoms with Crippen LogP contribution in [0.25, 0.3) is 10.1 Å². The quantitative estimate of drug-likeness (QED) is 0.764. The van der Waals surface area contributed by atoms with Crippen LogP contribution >= 0.6 is 27.3 Å². The van der Waals surface area contributed by atoms with E-state index in [4.69, 9.17) is 5.26 Å². The maximum atomic E-state index is 8.72. The lowest BCUT2D eigenvalue weighted by Crippen LogP contribution is -1.89. The highest BCUT2D eigenvalue weighted by Gasteiger charge is 2.08. The predicted octanol–water partition coefficient (Wildman–Crippen LogP) is 4.04. The first kappa shape index (κ1) is 9.70. The van der Waals surface area contributed by atoms with Crippen molar-refractivity contribution in [3.8, 4) is 6.07 Å². The number of fused-ring (bicyclic) bond motifs is 1. The minimum Gasteiger partial charge on any atom is -0.198 e. The van der Waals surface area contributed by atoms with Crippen molar-refractivity contribution in [2.75, 3.05) is 0 Å². The Balaban J connectivity index is 2.77. The van der Waals surface area contributed by atoms with Crippen LogP contribution in [0.4, 0.5) is 0 Å². The number of nitrogens with zero attached hydrogens (tertiary/aromatic N) is 1. The summed E-state index contributed by atoms with van der Waals surface area (Å²) in [6, 6.07) is 6.39. The third kappa shape index (κ3) is 1.45. The second-order valence-corrected chi connectivity index (χ2v) is 4.91. The third-order valence-corrected chi connectivity index (χ3v) is 4.07. The van der Waals surface area contributed by atoms with Gasteiger partial charge in [-0.3, -0.25) is 0 Å². The molecule has 1 nitrogen and oxygen atoms in total.